The van der Waals surface area contributed by atoms with E-state index in [-0.39, 0.29) is 52.7 Å². The monoisotopic (exact) mass is 1620 g/mol. The molecule has 3 aliphatic heterocycles. The normalized spacial score (nSPS) is 13.2. The number of H-pyrrole nitrogens is 2. The molecule has 0 radical (unpaired) electrons. The number of alkyl halides is 1. The quantitative estimate of drug-likeness (QED) is 0.0164. The number of carbonyl (C=O) groups excluding carboxylic acids is 5. The van der Waals surface area contributed by atoms with E-state index < -0.39 is 39.7 Å². The summed E-state index contributed by atoms with van der Waals surface area (Å²) >= 11 is 5.54. The van der Waals surface area contributed by atoms with Gasteiger partial charge in [-0.25, -0.2) is 9.59 Å². The molecule has 113 heavy (non-hydrogen) atoms. The van der Waals surface area contributed by atoms with E-state index in [0.29, 0.717) is 70.1 Å². The van der Waals surface area contributed by atoms with Gasteiger partial charge in [0.15, 0.2) is 11.3 Å². The van der Waals surface area contributed by atoms with Gasteiger partial charge in [-0.1, -0.05) is 12.1 Å². The molecule has 13 rings (SSSR count). The van der Waals surface area contributed by atoms with Gasteiger partial charge >= 0.3 is 16.4 Å². The molecule has 10 aromatic rings. The fourth-order valence-corrected chi connectivity index (χ4v) is 12.4. The number of aromatic amines is 2. The number of amides is 5. The standard InChI is InChI=1S/C25H32N6O4.C15H21N5O2.C10H11NO2.C9H10N4O2.C9H8N4O.C6H12ClN.ClH.H2O4S/c1-16(2)35-19-9-7-8-18(14-19)26-25(33)28-23(32)21-15-20-17(3)29-30(4)22(20)27-24(21)34-13-12-31-10-5-6-11-31;1-10-11-9-12(13(16)21)15(17-14(11)19(2)18-10)22-8-7-20-5-3-4-6-20;1-8(2)13-10-5-3-4-9(6-10)11-7-12;1-4-5-3-6(7(10)14)9(15)11-8(5)13(2)12-4;1-5-7-3-6(4-10)9(14)11-8(7)13(2)12-5;7-3-6-8-4-1-2-5-8;;1-5(2,3)4/h7-9,14-16H,5-6,10-13H2,1-4H3,(H2,26,28,32,33);9H,3-8H2,1-2H3,(H2,16,21);3-6,8H,1-2H3;3H,1-2H3,(H2,10,14)(H,11,15);3H,1-2H3,(H,11,14);1-6H2;1H;(H2,1,2,3,4). The average Bonchev–Trinajstić information content (AvgIpc) is 1.69. The molecule has 8 aromatic heterocycles. The first-order valence-corrected chi connectivity index (χ1v) is 37.8. The van der Waals surface area contributed by atoms with Gasteiger partial charge in [0.05, 0.1) is 40.7 Å². The Hall–Kier alpha value is -11.2. The summed E-state index contributed by atoms with van der Waals surface area (Å²) in [5, 5.41) is 33.8. The molecule has 36 nitrogen and oxygen atoms in total. The highest BCUT2D eigenvalue weighted by molar-refractivity contribution is 7.79. The number of imide groups is 1. The fraction of sp³-hybridized carbons (Fsp3) is 0.432. The lowest BCUT2D eigenvalue weighted by Crippen LogP contribution is -2.35. The topological polar surface area (TPSA) is 482 Å². The number of aliphatic imine (C=N–C) groups is 1. The Balaban J connectivity index is 0.000000221. The Kier molecular flexibility index (Phi) is 34.5. The highest BCUT2D eigenvalue weighted by Gasteiger charge is 2.24. The summed E-state index contributed by atoms with van der Waals surface area (Å²) in [6.45, 7) is 25.5. The number of rotatable bonds is 19. The van der Waals surface area contributed by atoms with Gasteiger partial charge < -0.3 is 50.6 Å². The minimum absolute atomic E-state index is 0. The van der Waals surface area contributed by atoms with Gasteiger partial charge in [-0.3, -0.25) is 66.9 Å². The second-order valence-corrected chi connectivity index (χ2v) is 27.9. The molecule has 2 aromatic carbocycles. The molecule has 3 saturated heterocycles. The first-order chi connectivity index (χ1) is 53.1. The number of benzene rings is 2. The van der Waals surface area contributed by atoms with Crippen molar-refractivity contribution in [3.05, 3.63) is 139 Å². The van der Waals surface area contributed by atoms with Gasteiger partial charge in [-0.05, 0) is 182 Å². The van der Waals surface area contributed by atoms with Crippen LogP contribution in [0.2, 0.25) is 0 Å². The molecule has 5 amide bonds. The number of aromatic nitrogens is 12. The summed E-state index contributed by atoms with van der Waals surface area (Å²) in [6.07, 6.45) is 9.21. The summed E-state index contributed by atoms with van der Waals surface area (Å²) in [4.78, 5) is 106. The number of hydrogen-bond donors (Lipinski definition) is 8. The maximum Gasteiger partial charge on any atom is 0.394 e. The molecule has 11 heterocycles. The first kappa shape index (κ1) is 90.7. The van der Waals surface area contributed by atoms with Crippen LogP contribution in [0.5, 0.6) is 23.3 Å². The smallest absolute Gasteiger partial charge is 0.394 e. The van der Waals surface area contributed by atoms with Crippen LogP contribution in [0.4, 0.5) is 16.2 Å². The van der Waals surface area contributed by atoms with E-state index in [1.54, 1.807) is 107 Å². The van der Waals surface area contributed by atoms with E-state index >= 15 is 0 Å². The molecule has 10 N–H and O–H groups in total. The van der Waals surface area contributed by atoms with Crippen LogP contribution in [0.1, 0.15) is 126 Å². The van der Waals surface area contributed by atoms with Crippen LogP contribution in [0.25, 0.3) is 44.1 Å². The highest BCUT2D eigenvalue weighted by Crippen LogP contribution is 2.28. The van der Waals surface area contributed by atoms with Crippen molar-refractivity contribution in [1.29, 1.82) is 5.26 Å². The number of anilines is 1. The summed E-state index contributed by atoms with van der Waals surface area (Å²) < 4.78 is 60.8. The van der Waals surface area contributed by atoms with Gasteiger partial charge in [0.25, 0.3) is 28.8 Å². The van der Waals surface area contributed by atoms with E-state index in [9.17, 15) is 33.6 Å². The second-order valence-electron chi connectivity index (χ2n) is 26.6. The molecular formula is C74H97Cl2N21O15S. The Morgan fingerprint density at radius 1 is 0.602 bits per heavy atom. The van der Waals surface area contributed by atoms with Crippen LogP contribution in [-0.2, 0) is 43.4 Å². The fourth-order valence-electron chi connectivity index (χ4n) is 12.1. The van der Waals surface area contributed by atoms with Crippen molar-refractivity contribution < 1.29 is 60.4 Å². The third-order valence-electron chi connectivity index (χ3n) is 17.2. The van der Waals surface area contributed by atoms with Crippen LogP contribution >= 0.6 is 24.0 Å². The zero-order valence-corrected chi connectivity index (χ0v) is 67.5. The van der Waals surface area contributed by atoms with E-state index in [2.05, 4.69) is 70.7 Å². The number of nitrogens with two attached hydrogens (primary N) is 2. The maximum atomic E-state index is 13.1. The van der Waals surface area contributed by atoms with Gasteiger partial charge in [-0.2, -0.15) is 49.0 Å². The number of nitrogens with one attached hydrogen (secondary N) is 4. The summed E-state index contributed by atoms with van der Waals surface area (Å²) in [7, 11) is 2.41. The summed E-state index contributed by atoms with van der Waals surface area (Å²) in [6, 6.07) is 21.6. The van der Waals surface area contributed by atoms with Crippen molar-refractivity contribution in [3.63, 3.8) is 0 Å². The van der Waals surface area contributed by atoms with Crippen LogP contribution in [-0.4, -0.2) is 211 Å². The Bertz CT molecular complexity index is 5270. The van der Waals surface area contributed by atoms with Crippen LogP contribution in [0.3, 0.4) is 0 Å². The molecule has 39 heteroatoms. The van der Waals surface area contributed by atoms with E-state index in [4.69, 9.17) is 64.8 Å². The lowest BCUT2D eigenvalue weighted by molar-refractivity contribution is 0.0958. The Morgan fingerprint density at radius 3 is 1.46 bits per heavy atom. The minimum atomic E-state index is -4.67. The molecule has 0 spiro atoms. The summed E-state index contributed by atoms with van der Waals surface area (Å²) in [5.41, 5.74) is 16.9. The predicted molar refractivity (Wildman–Crippen MR) is 429 cm³/mol. The number of fused-ring (bicyclic) bond motifs is 4. The molecule has 0 atom stereocenters. The molecule has 608 valence electrons. The van der Waals surface area contributed by atoms with Crippen molar-refractivity contribution in [2.75, 3.05) is 83.3 Å². The lowest BCUT2D eigenvalue weighted by atomic mass is 10.2. The van der Waals surface area contributed by atoms with Crippen LogP contribution in [0, 0.1) is 39.0 Å². The third kappa shape index (κ3) is 27.3. The number of ether oxygens (including phenoxy) is 4. The maximum absolute atomic E-state index is 13.1. The first-order valence-electron chi connectivity index (χ1n) is 35.9. The number of carbonyl (C=O) groups is 4. The number of nitriles is 1. The molecule has 0 saturated carbocycles. The number of urea groups is 1. The Morgan fingerprint density at radius 2 is 1.01 bits per heavy atom. The zero-order chi connectivity index (χ0) is 82.1. The minimum Gasteiger partial charge on any atom is -0.491 e. The zero-order valence-electron chi connectivity index (χ0n) is 65.1. The van der Waals surface area contributed by atoms with Crippen LogP contribution in [0.15, 0.2) is 87.4 Å². The van der Waals surface area contributed by atoms with Crippen molar-refractivity contribution in [2.24, 2.45) is 44.7 Å². The molecular weight excluding hydrogens is 1530 g/mol. The molecule has 3 fully saturated rings. The van der Waals surface area contributed by atoms with E-state index in [1.807, 2.05) is 67.6 Å². The number of likely N-dealkylation sites (tertiary alicyclic amines) is 3. The lowest BCUT2D eigenvalue weighted by Gasteiger charge is -2.16. The SMILES string of the molecule is CC(C)Oc1cccc(N=C=O)c1.Cc1nn(C)c2[nH]c(=O)c(C#N)cc12.Cc1nn(C)c2[nH]c(=O)c(C(N)=O)cc12.Cc1nn(C)c2nc(OCCN3CCCC3)c(C(=O)NC(=O)Nc3cccc(OC(C)C)c3)cc12.Cc1nn(C)c2nc(OCCN3CCCC3)c(C(N)=O)cc12.Cl.ClCCN1CCCC1.O=S(=O)(O)O. The molecule has 3 aliphatic rings. The Labute approximate surface area is 663 Å². The van der Waals surface area contributed by atoms with Gasteiger partial charge in [0, 0.05) is 93.1 Å². The third-order valence-corrected chi connectivity index (χ3v) is 17.4. The van der Waals surface area contributed by atoms with E-state index in [1.165, 1.54) is 63.8 Å². The summed E-state index contributed by atoms with van der Waals surface area (Å²) in [5.74, 6) is 0.728. The van der Waals surface area contributed by atoms with Crippen molar-refractivity contribution in [2.45, 2.75) is 106 Å². The van der Waals surface area contributed by atoms with Crippen molar-refractivity contribution in [3.8, 4) is 29.3 Å². The second kappa shape index (κ2) is 43.0. The number of halogens is 2. The number of hydrogen-bond acceptors (Lipinski definition) is 24. The number of nitrogens with zero attached hydrogens (tertiary/aromatic N) is 15. The van der Waals surface area contributed by atoms with Gasteiger partial charge in [-0.15, -0.1) is 24.0 Å². The molecule has 0 bridgehead atoms. The number of pyridine rings is 4. The van der Waals surface area contributed by atoms with Gasteiger partial charge in [0.1, 0.15) is 64.3 Å². The van der Waals surface area contributed by atoms with Crippen LogP contribution < -0.4 is 52.2 Å². The number of primary amides is 2. The molecule has 0 aliphatic carbocycles. The molecule has 0 unspecified atom stereocenters. The van der Waals surface area contributed by atoms with Crippen molar-refractivity contribution >= 4 is 120 Å². The van der Waals surface area contributed by atoms with E-state index in [0.717, 1.165) is 96.0 Å². The van der Waals surface area contributed by atoms with Crippen molar-refractivity contribution in [1.82, 2.24) is 79.1 Å². The largest absolute Gasteiger partial charge is 0.491 e. The average molecular weight is 1620 g/mol. The number of isocyanates is 1. The highest BCUT2D eigenvalue weighted by atomic mass is 35.5. The van der Waals surface area contributed by atoms with Gasteiger partial charge in [0.2, 0.25) is 17.8 Å². The predicted octanol–water partition coefficient (Wildman–Crippen LogP) is 7.99. The number of aryl methyl sites for hydroxylation is 8.